The lowest BCUT2D eigenvalue weighted by Crippen LogP contribution is -2.57. The highest BCUT2D eigenvalue weighted by Gasteiger charge is 2.34. The Kier molecular flexibility index (Phi) is 11.2. The van der Waals surface area contributed by atoms with Gasteiger partial charge in [0, 0.05) is 26.4 Å². The van der Waals surface area contributed by atoms with E-state index in [0.717, 1.165) is 5.16 Å². The molecule has 3 atom stereocenters. The second-order valence-electron chi connectivity index (χ2n) is 7.94. The molecule has 0 fully saturated rings. The van der Waals surface area contributed by atoms with Crippen molar-refractivity contribution in [2.75, 3.05) is 20.7 Å². The van der Waals surface area contributed by atoms with Crippen LogP contribution in [0.2, 0.25) is 0 Å². The predicted molar refractivity (Wildman–Crippen MR) is 122 cm³/mol. The fraction of sp³-hybridized carbons (Fsp3) is 0.737. The summed E-state index contributed by atoms with van der Waals surface area (Å²) in [4.78, 5) is 38.9. The molecule has 176 valence electrons. The van der Waals surface area contributed by atoms with Crippen LogP contribution in [-0.2, 0) is 21.4 Å². The molecule has 0 aliphatic rings. The van der Waals surface area contributed by atoms with E-state index < -0.39 is 24.1 Å². The number of hydrogen-bond acceptors (Lipinski definition) is 8. The summed E-state index contributed by atoms with van der Waals surface area (Å²) in [6.07, 6.45) is 1.03. The summed E-state index contributed by atoms with van der Waals surface area (Å²) in [6, 6.07) is -1.45. The molecule has 0 aliphatic carbocycles. The normalized spacial score (nSPS) is 14.1. The number of nitrogens with zero attached hydrogens (tertiary/aromatic N) is 4. The molecule has 0 spiro atoms. The van der Waals surface area contributed by atoms with Crippen molar-refractivity contribution >= 4 is 39.5 Å². The highest BCUT2D eigenvalue weighted by Crippen LogP contribution is 2.32. The third-order valence-corrected chi connectivity index (χ3v) is 7.30. The molecule has 3 amide bonds. The summed E-state index contributed by atoms with van der Waals surface area (Å²) in [5.41, 5.74) is 0. The van der Waals surface area contributed by atoms with Crippen LogP contribution in [-0.4, -0.2) is 75.6 Å². The Morgan fingerprint density at radius 2 is 1.81 bits per heavy atom. The maximum Gasteiger partial charge on any atom is 0.410 e. The molecule has 31 heavy (non-hydrogen) atoms. The van der Waals surface area contributed by atoms with Gasteiger partial charge in [0.1, 0.15) is 25.0 Å². The summed E-state index contributed by atoms with van der Waals surface area (Å²) in [7, 11) is 7.87. The van der Waals surface area contributed by atoms with Gasteiger partial charge in [-0.1, -0.05) is 38.5 Å². The second kappa shape index (κ2) is 12.8. The summed E-state index contributed by atoms with van der Waals surface area (Å²) in [6.45, 7) is 9.49. The third kappa shape index (κ3) is 8.24. The van der Waals surface area contributed by atoms with Crippen molar-refractivity contribution in [3.8, 4) is 0 Å². The lowest BCUT2D eigenvalue weighted by molar-refractivity contribution is -0.133. The number of carbonyl (C=O) groups is 3. The molecule has 1 heterocycles. The Balaban J connectivity index is 2.66. The Labute approximate surface area is 192 Å². The van der Waals surface area contributed by atoms with Gasteiger partial charge in [0.2, 0.25) is 17.0 Å². The zero-order chi connectivity index (χ0) is 23.7. The molecule has 1 aromatic heterocycles. The predicted octanol–water partition coefficient (Wildman–Crippen LogP) is 1.92. The van der Waals surface area contributed by atoms with E-state index in [0.29, 0.717) is 0 Å². The minimum atomic E-state index is -0.769. The highest BCUT2D eigenvalue weighted by molar-refractivity contribution is 8.76. The van der Waals surface area contributed by atoms with Crippen LogP contribution in [0.1, 0.15) is 34.6 Å². The van der Waals surface area contributed by atoms with Crippen molar-refractivity contribution in [1.29, 1.82) is 0 Å². The molecule has 0 bridgehead atoms. The summed E-state index contributed by atoms with van der Waals surface area (Å²) >= 11 is 0. The minimum absolute atomic E-state index is 0.00366. The van der Waals surface area contributed by atoms with Crippen LogP contribution in [0.5, 0.6) is 0 Å². The lowest BCUT2D eigenvalue weighted by Gasteiger charge is -2.31. The molecule has 0 radical (unpaired) electrons. The average molecular weight is 475 g/mol. The maximum absolute atomic E-state index is 12.9. The molecule has 1 rings (SSSR count). The van der Waals surface area contributed by atoms with Gasteiger partial charge in [0.15, 0.2) is 0 Å². The van der Waals surface area contributed by atoms with E-state index in [4.69, 9.17) is 4.74 Å². The fourth-order valence-electron chi connectivity index (χ4n) is 2.76. The van der Waals surface area contributed by atoms with Gasteiger partial charge >= 0.3 is 6.09 Å². The standard InChI is InChI=1S/C19H34N6O4S2/c1-11(2)14(16(26)20-6)22-17(27)15(12(3)4)25(8)19(28)29-9-13(5)30-31-18-23-21-10-24(18)7/h10-15H,9H2,1-8H3,(H,20,26)(H,22,27)/t13-,14-,15-/m0/s1. The van der Waals surface area contributed by atoms with Gasteiger partial charge in [-0.25, -0.2) is 4.79 Å². The molecule has 0 aliphatic heterocycles. The number of aryl methyl sites for hydroxylation is 1. The zero-order valence-electron chi connectivity index (χ0n) is 19.4. The van der Waals surface area contributed by atoms with Crippen LogP contribution >= 0.6 is 21.6 Å². The quantitative estimate of drug-likeness (QED) is 0.467. The van der Waals surface area contributed by atoms with Crippen LogP contribution < -0.4 is 10.6 Å². The number of likely N-dealkylation sites (N-methyl/N-ethyl adjacent to an activating group) is 2. The van der Waals surface area contributed by atoms with Crippen molar-refractivity contribution in [2.45, 2.75) is 57.1 Å². The van der Waals surface area contributed by atoms with Gasteiger partial charge < -0.3 is 19.9 Å². The van der Waals surface area contributed by atoms with Crippen molar-refractivity contribution in [3.05, 3.63) is 6.33 Å². The van der Waals surface area contributed by atoms with E-state index in [1.54, 1.807) is 10.9 Å². The van der Waals surface area contributed by atoms with Gasteiger partial charge in [-0.3, -0.25) is 14.5 Å². The molecule has 1 aromatic rings. The monoisotopic (exact) mass is 474 g/mol. The molecule has 0 aromatic carbocycles. The van der Waals surface area contributed by atoms with E-state index in [9.17, 15) is 14.4 Å². The first kappa shape index (κ1) is 27.1. The third-order valence-electron chi connectivity index (χ3n) is 4.50. The number of carbonyl (C=O) groups excluding carboxylic acids is 3. The zero-order valence-corrected chi connectivity index (χ0v) is 21.0. The number of aromatic nitrogens is 3. The van der Waals surface area contributed by atoms with Crippen molar-refractivity contribution < 1.29 is 19.1 Å². The SMILES string of the molecule is CNC(=O)[C@@H](NC(=O)[C@H](C(C)C)N(C)C(=O)OC[C@H](C)SSc1nncn1C)C(C)C. The first-order valence-corrected chi connectivity index (χ1v) is 12.3. The van der Waals surface area contributed by atoms with Gasteiger partial charge in [-0.15, -0.1) is 10.2 Å². The molecular formula is C19H34N6O4S2. The average Bonchev–Trinajstić information content (AvgIpc) is 3.12. The fourth-order valence-corrected chi connectivity index (χ4v) is 4.75. The van der Waals surface area contributed by atoms with Crippen molar-refractivity contribution in [2.24, 2.45) is 18.9 Å². The van der Waals surface area contributed by atoms with Crippen LogP contribution in [0.3, 0.4) is 0 Å². The number of rotatable bonds is 11. The van der Waals surface area contributed by atoms with Crippen LogP contribution in [0, 0.1) is 11.8 Å². The molecule has 10 nitrogen and oxygen atoms in total. The molecule has 0 unspecified atom stereocenters. The first-order chi connectivity index (χ1) is 14.5. The smallest absolute Gasteiger partial charge is 0.410 e. The van der Waals surface area contributed by atoms with E-state index in [2.05, 4.69) is 20.8 Å². The van der Waals surface area contributed by atoms with Gasteiger partial charge in [-0.05, 0) is 29.6 Å². The van der Waals surface area contributed by atoms with Crippen molar-refractivity contribution in [3.63, 3.8) is 0 Å². The second-order valence-corrected chi connectivity index (χ2v) is 10.5. The number of amides is 3. The number of hydrogen-bond donors (Lipinski definition) is 2. The highest BCUT2D eigenvalue weighted by atomic mass is 33.1. The van der Waals surface area contributed by atoms with Gasteiger partial charge in [-0.2, -0.15) is 0 Å². The first-order valence-electron chi connectivity index (χ1n) is 10.1. The minimum Gasteiger partial charge on any atom is -0.448 e. The van der Waals surface area contributed by atoms with E-state index in [1.807, 2.05) is 41.7 Å². The van der Waals surface area contributed by atoms with Gasteiger partial charge in [0.05, 0.1) is 0 Å². The summed E-state index contributed by atoms with van der Waals surface area (Å²) < 4.78 is 7.22. The topological polar surface area (TPSA) is 118 Å². The van der Waals surface area contributed by atoms with Gasteiger partial charge in [0.25, 0.3) is 0 Å². The Bertz CT molecular complexity index is 743. The number of ether oxygens (including phenoxy) is 1. The van der Waals surface area contributed by atoms with E-state index in [1.165, 1.54) is 40.6 Å². The molecule has 12 heteroatoms. The Morgan fingerprint density at radius 1 is 1.16 bits per heavy atom. The Hall–Kier alpha value is -1.95. The molecular weight excluding hydrogens is 440 g/mol. The summed E-state index contributed by atoms with van der Waals surface area (Å²) in [5, 5.41) is 13.9. The Morgan fingerprint density at radius 3 is 2.29 bits per heavy atom. The lowest BCUT2D eigenvalue weighted by atomic mass is 9.99. The summed E-state index contributed by atoms with van der Waals surface area (Å²) in [5.74, 6) is -0.939. The van der Waals surface area contributed by atoms with E-state index >= 15 is 0 Å². The molecule has 2 N–H and O–H groups in total. The van der Waals surface area contributed by atoms with Crippen LogP contribution in [0.15, 0.2) is 11.5 Å². The van der Waals surface area contributed by atoms with Crippen LogP contribution in [0.25, 0.3) is 0 Å². The molecule has 0 saturated carbocycles. The number of nitrogens with one attached hydrogen (secondary N) is 2. The van der Waals surface area contributed by atoms with Crippen molar-refractivity contribution in [1.82, 2.24) is 30.3 Å². The largest absolute Gasteiger partial charge is 0.448 e. The van der Waals surface area contributed by atoms with E-state index in [-0.39, 0.29) is 29.6 Å². The van der Waals surface area contributed by atoms with Crippen LogP contribution in [0.4, 0.5) is 4.79 Å². The molecule has 0 saturated heterocycles. The maximum atomic E-state index is 12.9.